The molecule has 7 heteroatoms. The lowest BCUT2D eigenvalue weighted by atomic mass is 10.1. The van der Waals surface area contributed by atoms with Gasteiger partial charge in [0.05, 0.1) is 11.6 Å². The maximum Gasteiger partial charge on any atom is 0.416 e. The van der Waals surface area contributed by atoms with Gasteiger partial charge in [0.2, 0.25) is 11.8 Å². The molecule has 2 aromatic carbocycles. The van der Waals surface area contributed by atoms with Crippen LogP contribution in [0.3, 0.4) is 0 Å². The minimum atomic E-state index is -4.47. The van der Waals surface area contributed by atoms with Crippen molar-refractivity contribution in [2.75, 3.05) is 11.9 Å². The quantitative estimate of drug-likeness (QED) is 0.796. The van der Waals surface area contributed by atoms with Crippen molar-refractivity contribution >= 4 is 17.5 Å². The summed E-state index contributed by atoms with van der Waals surface area (Å²) in [6, 6.07) is 13.6. The van der Waals surface area contributed by atoms with Crippen molar-refractivity contribution in [3.8, 4) is 0 Å². The first kappa shape index (κ1) is 20.5. The Bertz CT molecular complexity index is 791. The highest BCUT2D eigenvalue weighted by Crippen LogP contribution is 2.30. The minimum absolute atomic E-state index is 0.0208. The fraction of sp³-hybridized carbons (Fsp3) is 0.300. The molecule has 0 spiro atoms. The highest BCUT2D eigenvalue weighted by Gasteiger charge is 2.30. The molecular weight excluding hydrogens is 357 g/mol. The molecule has 0 aliphatic rings. The lowest BCUT2D eigenvalue weighted by molar-refractivity contribution is -0.137. The van der Waals surface area contributed by atoms with Gasteiger partial charge in [-0.15, -0.1) is 0 Å². The fourth-order valence-electron chi connectivity index (χ4n) is 2.75. The molecule has 1 atom stereocenters. The number of rotatable bonds is 6. The molecule has 1 unspecified atom stereocenters. The Balaban J connectivity index is 1.99. The number of nitrogens with zero attached hydrogens (tertiary/aromatic N) is 1. The zero-order chi connectivity index (χ0) is 20.0. The van der Waals surface area contributed by atoms with E-state index in [1.165, 1.54) is 19.1 Å². The van der Waals surface area contributed by atoms with Crippen LogP contribution in [0.25, 0.3) is 0 Å². The van der Waals surface area contributed by atoms with Crippen LogP contribution < -0.4 is 5.32 Å². The standard InChI is InChI=1S/C20H21F3N2O2/c1-14(16-7-4-3-5-8-16)25(15(2)26)12-11-19(27)24-18-10-6-9-17(13-18)20(21,22)23/h3-10,13-14H,11-12H2,1-2H3,(H,24,27). The number of alkyl halides is 3. The monoisotopic (exact) mass is 378 g/mol. The molecule has 0 bridgehead atoms. The molecule has 1 N–H and O–H groups in total. The van der Waals surface area contributed by atoms with E-state index < -0.39 is 17.6 Å². The lowest BCUT2D eigenvalue weighted by Crippen LogP contribution is -2.34. The molecular formula is C20H21F3N2O2. The SMILES string of the molecule is CC(=O)N(CCC(=O)Nc1cccc(C(F)(F)F)c1)C(C)c1ccccc1. The molecule has 0 aromatic heterocycles. The minimum Gasteiger partial charge on any atom is -0.336 e. The van der Waals surface area contributed by atoms with Crippen molar-refractivity contribution in [1.82, 2.24) is 4.90 Å². The molecule has 144 valence electrons. The van der Waals surface area contributed by atoms with Gasteiger partial charge in [0, 0.05) is 25.6 Å². The third-order valence-corrected chi connectivity index (χ3v) is 4.21. The molecule has 27 heavy (non-hydrogen) atoms. The summed E-state index contributed by atoms with van der Waals surface area (Å²) in [5, 5.41) is 2.45. The number of hydrogen-bond donors (Lipinski definition) is 1. The summed E-state index contributed by atoms with van der Waals surface area (Å²) in [5.41, 5.74) is 0.176. The smallest absolute Gasteiger partial charge is 0.336 e. The van der Waals surface area contributed by atoms with Crippen LogP contribution in [0.5, 0.6) is 0 Å². The third kappa shape index (κ3) is 5.84. The topological polar surface area (TPSA) is 49.4 Å². The van der Waals surface area contributed by atoms with Gasteiger partial charge < -0.3 is 10.2 Å². The Morgan fingerprint density at radius 3 is 2.33 bits per heavy atom. The normalized spacial score (nSPS) is 12.3. The van der Waals surface area contributed by atoms with E-state index in [1.54, 1.807) is 4.90 Å². The van der Waals surface area contributed by atoms with E-state index in [-0.39, 0.29) is 30.6 Å². The van der Waals surface area contributed by atoms with Crippen LogP contribution in [-0.4, -0.2) is 23.3 Å². The van der Waals surface area contributed by atoms with Gasteiger partial charge in [-0.05, 0) is 30.7 Å². The van der Waals surface area contributed by atoms with E-state index in [2.05, 4.69) is 5.32 Å². The van der Waals surface area contributed by atoms with Crippen molar-refractivity contribution in [1.29, 1.82) is 0 Å². The van der Waals surface area contributed by atoms with Gasteiger partial charge in [-0.2, -0.15) is 13.2 Å². The fourth-order valence-corrected chi connectivity index (χ4v) is 2.75. The van der Waals surface area contributed by atoms with Gasteiger partial charge in [-0.1, -0.05) is 36.4 Å². The predicted molar refractivity (Wildman–Crippen MR) is 96.9 cm³/mol. The molecule has 0 aliphatic heterocycles. The Kier molecular flexibility index (Phi) is 6.60. The second-order valence-electron chi connectivity index (χ2n) is 6.18. The second-order valence-corrected chi connectivity index (χ2v) is 6.18. The second kappa shape index (κ2) is 8.70. The molecule has 0 fully saturated rings. The highest BCUT2D eigenvalue weighted by molar-refractivity contribution is 5.91. The van der Waals surface area contributed by atoms with Crippen molar-refractivity contribution < 1.29 is 22.8 Å². The van der Waals surface area contributed by atoms with Crippen LogP contribution >= 0.6 is 0 Å². The van der Waals surface area contributed by atoms with Crippen LogP contribution in [0, 0.1) is 0 Å². The van der Waals surface area contributed by atoms with E-state index in [4.69, 9.17) is 0 Å². The predicted octanol–water partition coefficient (Wildman–Crippen LogP) is 4.64. The van der Waals surface area contributed by atoms with Crippen LogP contribution in [0.1, 0.15) is 37.4 Å². The number of carbonyl (C=O) groups excluding carboxylic acids is 2. The van der Waals surface area contributed by atoms with Crippen LogP contribution in [0.4, 0.5) is 18.9 Å². The van der Waals surface area contributed by atoms with Crippen molar-refractivity contribution in [2.45, 2.75) is 32.5 Å². The number of nitrogens with one attached hydrogen (secondary N) is 1. The number of hydrogen-bond acceptors (Lipinski definition) is 2. The van der Waals surface area contributed by atoms with Gasteiger partial charge in [0.25, 0.3) is 0 Å². The number of amides is 2. The van der Waals surface area contributed by atoms with Crippen LogP contribution in [0.2, 0.25) is 0 Å². The average molecular weight is 378 g/mol. The van der Waals surface area contributed by atoms with E-state index >= 15 is 0 Å². The summed E-state index contributed by atoms with van der Waals surface area (Å²) in [5.74, 6) is -0.640. The van der Waals surface area contributed by atoms with E-state index in [0.29, 0.717) is 0 Å². The maximum atomic E-state index is 12.7. The molecule has 0 saturated carbocycles. The molecule has 4 nitrogen and oxygen atoms in total. The van der Waals surface area contributed by atoms with Crippen LogP contribution in [-0.2, 0) is 15.8 Å². The number of benzene rings is 2. The first-order chi connectivity index (χ1) is 12.7. The van der Waals surface area contributed by atoms with Gasteiger partial charge in [0.1, 0.15) is 0 Å². The summed E-state index contributed by atoms with van der Waals surface area (Å²) in [6.45, 7) is 3.45. The summed E-state index contributed by atoms with van der Waals surface area (Å²) < 4.78 is 38.2. The Morgan fingerprint density at radius 2 is 1.74 bits per heavy atom. The molecule has 2 aromatic rings. The third-order valence-electron chi connectivity index (χ3n) is 4.21. The molecule has 0 radical (unpaired) electrons. The van der Waals surface area contributed by atoms with Gasteiger partial charge in [-0.3, -0.25) is 9.59 Å². The summed E-state index contributed by atoms with van der Waals surface area (Å²) in [6.07, 6.45) is -4.50. The first-order valence-electron chi connectivity index (χ1n) is 8.47. The van der Waals surface area contributed by atoms with Gasteiger partial charge in [0.15, 0.2) is 0 Å². The van der Waals surface area contributed by atoms with Gasteiger partial charge in [-0.25, -0.2) is 0 Å². The van der Waals surface area contributed by atoms with Crippen molar-refractivity contribution in [2.24, 2.45) is 0 Å². The summed E-state index contributed by atoms with van der Waals surface area (Å²) in [4.78, 5) is 25.6. The first-order valence-corrected chi connectivity index (χ1v) is 8.47. The number of anilines is 1. The van der Waals surface area contributed by atoms with E-state index in [9.17, 15) is 22.8 Å². The van der Waals surface area contributed by atoms with Gasteiger partial charge >= 0.3 is 6.18 Å². The molecule has 2 rings (SSSR count). The summed E-state index contributed by atoms with van der Waals surface area (Å²) >= 11 is 0. The Hall–Kier alpha value is -2.83. The zero-order valence-corrected chi connectivity index (χ0v) is 15.1. The highest BCUT2D eigenvalue weighted by atomic mass is 19.4. The average Bonchev–Trinajstić information content (AvgIpc) is 2.61. The zero-order valence-electron chi connectivity index (χ0n) is 15.1. The number of carbonyl (C=O) groups is 2. The van der Waals surface area contributed by atoms with E-state index in [0.717, 1.165) is 17.7 Å². The molecule has 0 heterocycles. The molecule has 2 amide bonds. The Morgan fingerprint density at radius 1 is 1.07 bits per heavy atom. The van der Waals surface area contributed by atoms with E-state index in [1.807, 2.05) is 37.3 Å². The van der Waals surface area contributed by atoms with Crippen LogP contribution in [0.15, 0.2) is 54.6 Å². The molecule has 0 aliphatic carbocycles. The Labute approximate surface area is 156 Å². The largest absolute Gasteiger partial charge is 0.416 e. The van der Waals surface area contributed by atoms with Crippen molar-refractivity contribution in [3.05, 3.63) is 65.7 Å². The maximum absolute atomic E-state index is 12.7. The lowest BCUT2D eigenvalue weighted by Gasteiger charge is -2.28. The summed E-state index contributed by atoms with van der Waals surface area (Å²) in [7, 11) is 0. The van der Waals surface area contributed by atoms with Crippen molar-refractivity contribution in [3.63, 3.8) is 0 Å². The molecule has 0 saturated heterocycles. The number of halogens is 3.